The number of halogens is 2. The molecule has 0 aliphatic heterocycles. The quantitative estimate of drug-likeness (QED) is 0.482. The van der Waals surface area contributed by atoms with Gasteiger partial charge in [-0.2, -0.15) is 0 Å². The van der Waals surface area contributed by atoms with E-state index >= 15 is 0 Å². The van der Waals surface area contributed by atoms with E-state index in [1.54, 1.807) is 6.07 Å². The first-order chi connectivity index (χ1) is 10.4. The zero-order valence-corrected chi connectivity index (χ0v) is 13.6. The van der Waals surface area contributed by atoms with Gasteiger partial charge in [-0.1, -0.05) is 22.0 Å². The number of benzene rings is 1. The third-order valence-electron chi connectivity index (χ3n) is 2.76. The number of aromatic hydroxyl groups is 1. The number of nitrogens with one attached hydrogen (secondary N) is 1. The number of aliphatic imine (C=N–C) groups is 1. The molecule has 0 atom stereocenters. The summed E-state index contributed by atoms with van der Waals surface area (Å²) in [7, 11) is 0. The molecule has 0 amide bonds. The molecule has 2 rings (SSSR count). The highest BCUT2D eigenvalue weighted by Gasteiger charge is 2.10. The largest absolute Gasteiger partial charge is 0.494 e. The maximum absolute atomic E-state index is 13.7. The second-order valence-corrected chi connectivity index (χ2v) is 5.55. The first-order valence-corrected chi connectivity index (χ1v) is 7.30. The lowest BCUT2D eigenvalue weighted by Crippen LogP contribution is -2.18. The summed E-state index contributed by atoms with van der Waals surface area (Å²) in [5, 5.41) is 10.1. The molecule has 1 aromatic carbocycles. The number of aromatic amines is 1. The zero-order valence-electron chi connectivity index (χ0n) is 11.2. The van der Waals surface area contributed by atoms with Crippen LogP contribution in [0.4, 0.5) is 10.1 Å². The summed E-state index contributed by atoms with van der Waals surface area (Å²) < 4.78 is 15.6. The van der Waals surface area contributed by atoms with Crippen LogP contribution in [0.5, 0.6) is 5.88 Å². The number of rotatable bonds is 4. The van der Waals surface area contributed by atoms with E-state index in [0.29, 0.717) is 4.47 Å². The summed E-state index contributed by atoms with van der Waals surface area (Å²) in [5.74, 6) is -0.907. The molecule has 1 aromatic heterocycles. The monoisotopic (exact) mass is 383 g/mol. The van der Waals surface area contributed by atoms with Gasteiger partial charge >= 0.3 is 0 Å². The zero-order chi connectivity index (χ0) is 16.3. The van der Waals surface area contributed by atoms with Crippen molar-refractivity contribution in [2.75, 3.05) is 0 Å². The fourth-order valence-corrected chi connectivity index (χ4v) is 2.30. The molecule has 114 valence electrons. The van der Waals surface area contributed by atoms with Crippen molar-refractivity contribution < 1.29 is 9.50 Å². The minimum absolute atomic E-state index is 0.0414. The molecule has 8 heteroatoms. The summed E-state index contributed by atoms with van der Waals surface area (Å²) in [6.45, 7) is 3.76. The van der Waals surface area contributed by atoms with E-state index in [1.807, 2.05) is 0 Å². The van der Waals surface area contributed by atoms with Gasteiger partial charge in [-0.15, -0.1) is 6.58 Å². The fraction of sp³-hybridized carbons (Fsp3) is 0.0714. The van der Waals surface area contributed by atoms with E-state index in [9.17, 15) is 14.3 Å². The molecule has 0 saturated carbocycles. The molecular weight excluding hydrogens is 373 g/mol. The summed E-state index contributed by atoms with van der Waals surface area (Å²) in [6, 6.07) is 4.31. The van der Waals surface area contributed by atoms with Crippen molar-refractivity contribution in [1.29, 1.82) is 0 Å². The maximum atomic E-state index is 13.7. The molecule has 0 fully saturated rings. The molecular formula is C14H11BrFN3O2S. The average Bonchev–Trinajstić information content (AvgIpc) is 2.45. The third kappa shape index (κ3) is 3.40. The molecule has 0 aliphatic carbocycles. The molecule has 0 spiro atoms. The fourth-order valence-electron chi connectivity index (χ4n) is 1.71. The second-order valence-electron chi connectivity index (χ2n) is 4.25. The number of hydrogen-bond donors (Lipinski definition) is 2. The van der Waals surface area contributed by atoms with Crippen LogP contribution in [-0.4, -0.2) is 20.9 Å². The Morgan fingerprint density at radius 3 is 2.91 bits per heavy atom. The lowest BCUT2D eigenvalue weighted by atomic mass is 10.3. The molecule has 5 nitrogen and oxygen atoms in total. The van der Waals surface area contributed by atoms with Crippen LogP contribution in [0.15, 0.2) is 45.1 Å². The topological polar surface area (TPSA) is 70.4 Å². The van der Waals surface area contributed by atoms with Crippen LogP contribution in [0.1, 0.15) is 5.56 Å². The van der Waals surface area contributed by atoms with Gasteiger partial charge in [0.15, 0.2) is 4.77 Å². The van der Waals surface area contributed by atoms with E-state index in [-0.39, 0.29) is 28.4 Å². The lowest BCUT2D eigenvalue weighted by Gasteiger charge is -2.08. The van der Waals surface area contributed by atoms with Crippen molar-refractivity contribution >= 4 is 40.0 Å². The Kier molecular flexibility index (Phi) is 5.04. The van der Waals surface area contributed by atoms with E-state index < -0.39 is 11.4 Å². The van der Waals surface area contributed by atoms with E-state index in [0.717, 1.165) is 6.21 Å². The number of allylic oxidation sites excluding steroid dienone is 1. The van der Waals surface area contributed by atoms with Crippen molar-refractivity contribution in [2.24, 2.45) is 4.99 Å². The Labute approximate surface area is 138 Å². The Balaban J connectivity index is 2.51. The first-order valence-electron chi connectivity index (χ1n) is 6.10. The predicted molar refractivity (Wildman–Crippen MR) is 89.1 cm³/mol. The van der Waals surface area contributed by atoms with Gasteiger partial charge in [-0.05, 0) is 30.4 Å². The van der Waals surface area contributed by atoms with E-state index in [4.69, 9.17) is 12.2 Å². The Morgan fingerprint density at radius 2 is 2.27 bits per heavy atom. The smallest absolute Gasteiger partial charge is 0.264 e. The molecule has 1 heterocycles. The van der Waals surface area contributed by atoms with Gasteiger partial charge in [0.2, 0.25) is 5.88 Å². The van der Waals surface area contributed by atoms with Crippen molar-refractivity contribution in [3.05, 3.63) is 61.8 Å². The highest BCUT2D eigenvalue weighted by Crippen LogP contribution is 2.22. The van der Waals surface area contributed by atoms with Crippen LogP contribution >= 0.6 is 28.1 Å². The predicted octanol–water partition coefficient (Wildman–Crippen LogP) is 3.45. The first kappa shape index (κ1) is 16.3. The maximum Gasteiger partial charge on any atom is 0.264 e. The number of nitrogens with zero attached hydrogens (tertiary/aromatic N) is 2. The summed E-state index contributed by atoms with van der Waals surface area (Å²) in [5.41, 5.74) is -0.679. The normalized spacial score (nSPS) is 11.0. The summed E-state index contributed by atoms with van der Waals surface area (Å²) in [4.78, 5) is 18.2. The number of H-pyrrole nitrogens is 1. The van der Waals surface area contributed by atoms with Gasteiger partial charge < -0.3 is 5.11 Å². The lowest BCUT2D eigenvalue weighted by molar-refractivity contribution is 0.413. The molecule has 0 aliphatic rings. The molecule has 0 bridgehead atoms. The van der Waals surface area contributed by atoms with Gasteiger partial charge in [-0.3, -0.25) is 19.3 Å². The van der Waals surface area contributed by atoms with Crippen molar-refractivity contribution in [1.82, 2.24) is 9.55 Å². The van der Waals surface area contributed by atoms with Crippen LogP contribution < -0.4 is 5.56 Å². The minimum atomic E-state index is -0.607. The van der Waals surface area contributed by atoms with Gasteiger partial charge in [0.05, 0.1) is 5.69 Å². The van der Waals surface area contributed by atoms with Crippen molar-refractivity contribution in [2.45, 2.75) is 6.54 Å². The SMILES string of the molecule is C=CCn1c(O)c(C=Nc2ccc(Br)cc2F)c(=O)[nH]c1=S. The minimum Gasteiger partial charge on any atom is -0.494 e. The van der Waals surface area contributed by atoms with Crippen LogP contribution in [-0.2, 0) is 6.54 Å². The molecule has 0 radical (unpaired) electrons. The Hall–Kier alpha value is -2.06. The molecule has 2 aromatic rings. The molecule has 2 N–H and O–H groups in total. The van der Waals surface area contributed by atoms with Crippen LogP contribution in [0, 0.1) is 10.6 Å². The molecule has 0 saturated heterocycles. The second kappa shape index (κ2) is 6.80. The standard InChI is InChI=1S/C14H11BrFN3O2S/c1-2-5-19-13(21)9(12(20)18-14(19)22)7-17-11-4-3-8(15)6-10(11)16/h2-4,6-7,21H,1,5H2,(H,18,20,22). The van der Waals surface area contributed by atoms with Gasteiger partial charge in [-0.25, -0.2) is 4.39 Å². The highest BCUT2D eigenvalue weighted by atomic mass is 79.9. The third-order valence-corrected chi connectivity index (χ3v) is 3.58. The van der Waals surface area contributed by atoms with Crippen LogP contribution in [0.25, 0.3) is 0 Å². The van der Waals surface area contributed by atoms with E-state index in [1.165, 1.54) is 22.8 Å². The molecule has 0 unspecified atom stereocenters. The number of hydrogen-bond acceptors (Lipinski definition) is 4. The van der Waals surface area contributed by atoms with Crippen LogP contribution in [0.3, 0.4) is 0 Å². The Bertz CT molecular complexity index is 873. The number of aromatic nitrogens is 2. The van der Waals surface area contributed by atoms with Crippen molar-refractivity contribution in [3.63, 3.8) is 0 Å². The summed E-state index contributed by atoms with van der Waals surface area (Å²) in [6.07, 6.45) is 2.61. The molecule has 22 heavy (non-hydrogen) atoms. The van der Waals surface area contributed by atoms with Gasteiger partial charge in [0.1, 0.15) is 11.4 Å². The van der Waals surface area contributed by atoms with Gasteiger partial charge in [0, 0.05) is 17.2 Å². The van der Waals surface area contributed by atoms with Crippen LogP contribution in [0.2, 0.25) is 0 Å². The Morgan fingerprint density at radius 1 is 1.55 bits per heavy atom. The highest BCUT2D eigenvalue weighted by molar-refractivity contribution is 9.10. The average molecular weight is 384 g/mol. The summed E-state index contributed by atoms with van der Waals surface area (Å²) >= 11 is 8.09. The van der Waals surface area contributed by atoms with Gasteiger partial charge in [0.25, 0.3) is 5.56 Å². The van der Waals surface area contributed by atoms with E-state index in [2.05, 4.69) is 32.5 Å². The van der Waals surface area contributed by atoms with Crippen molar-refractivity contribution in [3.8, 4) is 5.88 Å².